The second-order valence-corrected chi connectivity index (χ2v) is 3.12. The largest absolute Gasteiger partial charge is 0.394 e. The van der Waals surface area contributed by atoms with Crippen molar-refractivity contribution in [3.05, 3.63) is 10.4 Å². The van der Waals surface area contributed by atoms with Gasteiger partial charge in [-0.25, -0.2) is 0 Å². The van der Waals surface area contributed by atoms with E-state index in [9.17, 15) is 20.4 Å². The van der Waals surface area contributed by atoms with Crippen LogP contribution < -0.4 is 0 Å². The first-order chi connectivity index (χ1) is 6.97. The number of aliphatic hydroxyl groups excluding tert-OH is 4. The lowest BCUT2D eigenvalue weighted by Gasteiger charge is -2.43. The van der Waals surface area contributed by atoms with E-state index in [4.69, 9.17) is 10.6 Å². The molecule has 0 bridgehead atoms. The van der Waals surface area contributed by atoms with Gasteiger partial charge in [0.05, 0.1) is 6.61 Å². The van der Waals surface area contributed by atoms with Crippen molar-refractivity contribution >= 4 is 0 Å². The number of aliphatic hydroxyl groups is 5. The van der Waals surface area contributed by atoms with Crippen LogP contribution in [0, 0.1) is 0 Å². The van der Waals surface area contributed by atoms with Crippen molar-refractivity contribution in [2.45, 2.75) is 30.3 Å². The smallest absolute Gasteiger partial charge is 0.223 e. The molecule has 0 aromatic heterocycles. The van der Waals surface area contributed by atoms with Crippen LogP contribution in [0.1, 0.15) is 0 Å². The van der Waals surface area contributed by atoms with E-state index in [0.29, 0.717) is 0 Å². The maximum atomic E-state index is 9.50. The topological polar surface area (TPSA) is 159 Å². The van der Waals surface area contributed by atoms with Gasteiger partial charge in [-0.1, -0.05) is 5.11 Å². The minimum atomic E-state index is -2.67. The normalized spacial score (nSPS) is 45.9. The predicted molar refractivity (Wildman–Crippen MR) is 44.1 cm³/mol. The number of rotatable bonds is 2. The van der Waals surface area contributed by atoms with Crippen molar-refractivity contribution in [1.82, 2.24) is 0 Å². The van der Waals surface area contributed by atoms with Gasteiger partial charge in [-0.2, -0.15) is 0 Å². The Morgan fingerprint density at radius 2 is 2.00 bits per heavy atom. The summed E-state index contributed by atoms with van der Waals surface area (Å²) in [6.07, 6.45) is -6.91. The van der Waals surface area contributed by atoms with Gasteiger partial charge in [-0.3, -0.25) is 0 Å². The third kappa shape index (κ3) is 1.90. The molecule has 1 aliphatic heterocycles. The molecule has 1 fully saturated rings. The molecular weight excluding hydrogens is 210 g/mol. The first kappa shape index (κ1) is 12.1. The van der Waals surface area contributed by atoms with Crippen LogP contribution in [-0.2, 0) is 4.74 Å². The maximum Gasteiger partial charge on any atom is 0.223 e. The molecule has 5 atom stereocenters. The van der Waals surface area contributed by atoms with E-state index in [0.717, 1.165) is 0 Å². The summed E-state index contributed by atoms with van der Waals surface area (Å²) in [4.78, 5) is 2.22. The average molecular weight is 221 g/mol. The van der Waals surface area contributed by atoms with Crippen molar-refractivity contribution in [3.63, 3.8) is 0 Å². The Bertz CT molecular complexity index is 282. The molecule has 1 heterocycles. The molecule has 5 N–H and O–H groups in total. The summed E-state index contributed by atoms with van der Waals surface area (Å²) < 4.78 is 4.57. The Balaban J connectivity index is 2.97. The van der Waals surface area contributed by atoms with E-state index >= 15 is 0 Å². The summed E-state index contributed by atoms with van der Waals surface area (Å²) in [6.45, 7) is -0.665. The fraction of sp³-hybridized carbons (Fsp3) is 1.00. The quantitative estimate of drug-likeness (QED) is 0.195. The molecule has 0 aromatic carbocycles. The number of azide groups is 1. The van der Waals surface area contributed by atoms with E-state index < -0.39 is 36.9 Å². The number of nitrogens with zero attached hydrogens (tertiary/aromatic N) is 3. The molecule has 0 amide bonds. The molecule has 1 unspecified atom stereocenters. The van der Waals surface area contributed by atoms with Gasteiger partial charge in [0.1, 0.15) is 18.3 Å². The summed E-state index contributed by atoms with van der Waals surface area (Å²) in [5, 5.41) is 48.9. The van der Waals surface area contributed by atoms with Crippen molar-refractivity contribution in [2.24, 2.45) is 5.11 Å². The standard InChI is InChI=1S/C6H11N3O6/c7-9-8-6(14)4(12)3(11)2(1-10)15-5(6)13/h2-5,10-14H,1H2/t2-,3-,4+,5?,6-/m1/s1. The van der Waals surface area contributed by atoms with E-state index in [1.807, 2.05) is 0 Å². The summed E-state index contributed by atoms with van der Waals surface area (Å²) >= 11 is 0. The first-order valence-corrected chi connectivity index (χ1v) is 4.06. The molecule has 1 rings (SSSR count). The van der Waals surface area contributed by atoms with E-state index in [2.05, 4.69) is 14.8 Å². The lowest BCUT2D eigenvalue weighted by molar-refractivity contribution is -0.327. The summed E-state index contributed by atoms with van der Waals surface area (Å²) in [5.74, 6) is 0. The van der Waals surface area contributed by atoms with Crippen LogP contribution in [0.2, 0.25) is 0 Å². The van der Waals surface area contributed by atoms with Gasteiger partial charge in [0, 0.05) is 4.91 Å². The van der Waals surface area contributed by atoms with Crippen LogP contribution in [0.4, 0.5) is 0 Å². The second kappa shape index (κ2) is 4.29. The number of ether oxygens (including phenoxy) is 1. The lowest BCUT2D eigenvalue weighted by Crippen LogP contribution is -2.65. The van der Waals surface area contributed by atoms with Crippen LogP contribution in [0.3, 0.4) is 0 Å². The van der Waals surface area contributed by atoms with Crippen LogP contribution in [0.5, 0.6) is 0 Å². The fourth-order valence-electron chi connectivity index (χ4n) is 1.28. The highest BCUT2D eigenvalue weighted by Crippen LogP contribution is 2.29. The molecule has 0 aromatic rings. The highest BCUT2D eigenvalue weighted by atomic mass is 16.6. The lowest BCUT2D eigenvalue weighted by atomic mass is 9.94. The van der Waals surface area contributed by atoms with Crippen molar-refractivity contribution in [2.75, 3.05) is 6.61 Å². The fourth-order valence-corrected chi connectivity index (χ4v) is 1.28. The summed E-state index contributed by atoms with van der Waals surface area (Å²) in [7, 11) is 0. The second-order valence-electron chi connectivity index (χ2n) is 3.12. The molecular formula is C6H11N3O6. The molecule has 9 nitrogen and oxygen atoms in total. The van der Waals surface area contributed by atoms with Gasteiger partial charge in [-0.05, 0) is 5.53 Å². The van der Waals surface area contributed by atoms with Gasteiger partial charge in [-0.15, -0.1) is 0 Å². The summed E-state index contributed by atoms with van der Waals surface area (Å²) in [5.41, 5.74) is 5.45. The monoisotopic (exact) mass is 221 g/mol. The molecule has 0 spiro atoms. The molecule has 15 heavy (non-hydrogen) atoms. The third-order valence-corrected chi connectivity index (χ3v) is 2.19. The van der Waals surface area contributed by atoms with Crippen LogP contribution in [0.15, 0.2) is 5.11 Å². The Hall–Kier alpha value is -0.930. The minimum Gasteiger partial charge on any atom is -0.394 e. The Kier molecular flexibility index (Phi) is 3.47. The molecule has 86 valence electrons. The SMILES string of the molecule is [N-]=[N+]=N[C@]1(O)C(O)O[C@H](CO)[C@@H](O)[C@@H]1O. The highest BCUT2D eigenvalue weighted by molar-refractivity contribution is 4.98. The van der Waals surface area contributed by atoms with Gasteiger partial charge in [0.25, 0.3) is 0 Å². The van der Waals surface area contributed by atoms with Crippen LogP contribution in [-0.4, -0.2) is 62.5 Å². The van der Waals surface area contributed by atoms with Gasteiger partial charge < -0.3 is 30.3 Å². The molecule has 0 aliphatic carbocycles. The molecule has 0 radical (unpaired) electrons. The van der Waals surface area contributed by atoms with E-state index in [-0.39, 0.29) is 0 Å². The maximum absolute atomic E-state index is 9.50. The molecule has 9 heteroatoms. The Labute approximate surface area is 83.8 Å². The molecule has 0 saturated carbocycles. The Morgan fingerprint density at radius 3 is 2.47 bits per heavy atom. The van der Waals surface area contributed by atoms with E-state index in [1.165, 1.54) is 0 Å². The zero-order valence-electron chi connectivity index (χ0n) is 7.50. The highest BCUT2D eigenvalue weighted by Gasteiger charge is 2.54. The number of hydrogen-bond acceptors (Lipinski definition) is 7. The van der Waals surface area contributed by atoms with Crippen LogP contribution in [0.25, 0.3) is 10.4 Å². The molecule has 1 aliphatic rings. The molecule has 1 saturated heterocycles. The first-order valence-electron chi connectivity index (χ1n) is 4.06. The zero-order valence-corrected chi connectivity index (χ0v) is 7.50. The van der Waals surface area contributed by atoms with Crippen molar-refractivity contribution in [1.29, 1.82) is 0 Å². The Morgan fingerprint density at radius 1 is 1.40 bits per heavy atom. The van der Waals surface area contributed by atoms with Gasteiger partial charge in [0.2, 0.25) is 5.72 Å². The number of hydrogen-bond donors (Lipinski definition) is 5. The van der Waals surface area contributed by atoms with Crippen LogP contribution >= 0.6 is 0 Å². The van der Waals surface area contributed by atoms with Gasteiger partial charge in [0.15, 0.2) is 6.29 Å². The minimum absolute atomic E-state index is 0.665. The summed E-state index contributed by atoms with van der Waals surface area (Å²) in [6, 6.07) is 0. The zero-order chi connectivity index (χ0) is 11.6. The average Bonchev–Trinajstić information content (AvgIpc) is 2.21. The van der Waals surface area contributed by atoms with Crippen molar-refractivity contribution < 1.29 is 30.3 Å². The van der Waals surface area contributed by atoms with Gasteiger partial charge >= 0.3 is 0 Å². The van der Waals surface area contributed by atoms with E-state index in [1.54, 1.807) is 0 Å². The predicted octanol–water partition coefficient (Wildman–Crippen LogP) is -2.58. The van der Waals surface area contributed by atoms with Crippen molar-refractivity contribution in [3.8, 4) is 0 Å². The third-order valence-electron chi connectivity index (χ3n) is 2.19.